The van der Waals surface area contributed by atoms with Crippen molar-refractivity contribution in [3.8, 4) is 5.88 Å². The Bertz CT molecular complexity index is 680. The van der Waals surface area contributed by atoms with Crippen LogP contribution in [0.5, 0.6) is 5.88 Å². The third-order valence-electron chi connectivity index (χ3n) is 6.68. The summed E-state index contributed by atoms with van der Waals surface area (Å²) < 4.78 is 12.4. The number of aryl methyl sites for hydroxylation is 1. The summed E-state index contributed by atoms with van der Waals surface area (Å²) in [6.07, 6.45) is 8.77. The van der Waals surface area contributed by atoms with Gasteiger partial charge in [-0.15, -0.1) is 0 Å². The van der Waals surface area contributed by atoms with E-state index >= 15 is 0 Å². The molecule has 0 N–H and O–H groups in total. The zero-order chi connectivity index (χ0) is 20.1. The smallest absolute Gasteiger partial charge is 0.236 e. The van der Waals surface area contributed by atoms with Gasteiger partial charge in [0.2, 0.25) is 11.8 Å². The van der Waals surface area contributed by atoms with E-state index in [1.165, 1.54) is 25.7 Å². The van der Waals surface area contributed by atoms with Crippen molar-refractivity contribution in [3.63, 3.8) is 0 Å². The number of rotatable bonds is 4. The summed E-state index contributed by atoms with van der Waals surface area (Å²) >= 11 is 0. The molecule has 0 bridgehead atoms. The molecule has 0 aliphatic carbocycles. The van der Waals surface area contributed by atoms with Gasteiger partial charge in [-0.3, -0.25) is 9.69 Å². The maximum atomic E-state index is 12.8. The number of likely N-dealkylation sites (tertiary alicyclic amines) is 2. The first-order valence-corrected chi connectivity index (χ1v) is 11.4. The Morgan fingerprint density at radius 1 is 1.17 bits per heavy atom. The lowest BCUT2D eigenvalue weighted by Gasteiger charge is -2.46. The molecule has 1 amide bonds. The second kappa shape index (κ2) is 9.43. The second-order valence-corrected chi connectivity index (χ2v) is 8.95. The molecule has 1 unspecified atom stereocenters. The summed E-state index contributed by atoms with van der Waals surface area (Å²) in [4.78, 5) is 21.7. The minimum atomic E-state index is -0.147. The van der Waals surface area contributed by atoms with Crippen LogP contribution in [0.2, 0.25) is 0 Å². The number of piperidine rings is 1. The van der Waals surface area contributed by atoms with Crippen LogP contribution < -0.4 is 4.74 Å². The maximum absolute atomic E-state index is 12.8. The molecule has 3 aliphatic rings. The Hall–Kier alpha value is -1.66. The summed E-state index contributed by atoms with van der Waals surface area (Å²) in [5, 5.41) is 0. The van der Waals surface area contributed by atoms with Crippen molar-refractivity contribution in [2.45, 2.75) is 70.0 Å². The van der Waals surface area contributed by atoms with Gasteiger partial charge in [0.15, 0.2) is 0 Å². The van der Waals surface area contributed by atoms with E-state index in [2.05, 4.69) is 9.88 Å². The van der Waals surface area contributed by atoms with E-state index in [1.807, 2.05) is 30.0 Å². The Labute approximate surface area is 174 Å². The maximum Gasteiger partial charge on any atom is 0.236 e. The van der Waals surface area contributed by atoms with Gasteiger partial charge in [-0.25, -0.2) is 4.98 Å². The first-order chi connectivity index (χ1) is 14.1. The molecule has 1 atom stereocenters. The van der Waals surface area contributed by atoms with E-state index in [1.54, 1.807) is 0 Å². The van der Waals surface area contributed by atoms with Gasteiger partial charge in [-0.2, -0.15) is 0 Å². The number of carbonyl (C=O) groups excluding carboxylic acids is 1. The van der Waals surface area contributed by atoms with Crippen molar-refractivity contribution in [3.05, 3.63) is 23.9 Å². The standard InChI is InChI=1S/C23H35N3O3/c1-19-7-6-8-21(24-19)29-20-9-16-28-23(17-20)10-14-26(15-11-23)22(27)18-25-12-4-2-3-5-13-25/h6-8,20H,2-5,9-18H2,1H3. The number of aromatic nitrogens is 1. The molecule has 3 fully saturated rings. The highest BCUT2D eigenvalue weighted by Crippen LogP contribution is 2.36. The normalized spacial score (nSPS) is 25.6. The first-order valence-electron chi connectivity index (χ1n) is 11.4. The van der Waals surface area contributed by atoms with Crippen LogP contribution in [0.15, 0.2) is 18.2 Å². The Kier molecular flexibility index (Phi) is 6.70. The van der Waals surface area contributed by atoms with Gasteiger partial charge in [0.25, 0.3) is 0 Å². The molecular formula is C23H35N3O3. The molecule has 160 valence electrons. The van der Waals surface area contributed by atoms with Crippen LogP contribution in [0.25, 0.3) is 0 Å². The Morgan fingerprint density at radius 2 is 1.93 bits per heavy atom. The van der Waals surface area contributed by atoms with E-state index < -0.39 is 0 Å². The van der Waals surface area contributed by atoms with Crippen LogP contribution in [-0.4, -0.2) is 71.7 Å². The number of hydrogen-bond acceptors (Lipinski definition) is 5. The monoisotopic (exact) mass is 401 g/mol. The number of amides is 1. The number of pyridine rings is 1. The molecule has 4 rings (SSSR count). The molecule has 1 spiro atoms. The lowest BCUT2D eigenvalue weighted by molar-refractivity contribution is -0.152. The van der Waals surface area contributed by atoms with Crippen LogP contribution in [-0.2, 0) is 9.53 Å². The molecule has 1 aromatic rings. The Balaban J connectivity index is 1.27. The Morgan fingerprint density at radius 3 is 2.66 bits per heavy atom. The molecule has 0 aromatic carbocycles. The lowest BCUT2D eigenvalue weighted by Crippen LogP contribution is -2.53. The van der Waals surface area contributed by atoms with E-state index in [-0.39, 0.29) is 17.6 Å². The van der Waals surface area contributed by atoms with Crippen LogP contribution >= 0.6 is 0 Å². The molecule has 0 radical (unpaired) electrons. The van der Waals surface area contributed by atoms with Crippen molar-refractivity contribution in [2.24, 2.45) is 0 Å². The van der Waals surface area contributed by atoms with Crippen LogP contribution in [0.1, 0.15) is 57.1 Å². The van der Waals surface area contributed by atoms with Crippen LogP contribution in [0.3, 0.4) is 0 Å². The highest BCUT2D eigenvalue weighted by atomic mass is 16.5. The fraction of sp³-hybridized carbons (Fsp3) is 0.739. The molecule has 6 heteroatoms. The summed E-state index contributed by atoms with van der Waals surface area (Å²) in [5.74, 6) is 0.992. The van der Waals surface area contributed by atoms with Crippen molar-refractivity contribution in [2.75, 3.05) is 39.3 Å². The van der Waals surface area contributed by atoms with Crippen LogP contribution in [0.4, 0.5) is 0 Å². The largest absolute Gasteiger partial charge is 0.474 e. The minimum absolute atomic E-state index is 0.136. The van der Waals surface area contributed by atoms with Gasteiger partial charge in [0.05, 0.1) is 18.8 Å². The molecule has 3 saturated heterocycles. The first kappa shape index (κ1) is 20.6. The third-order valence-corrected chi connectivity index (χ3v) is 6.68. The van der Waals surface area contributed by atoms with Gasteiger partial charge in [-0.1, -0.05) is 18.9 Å². The van der Waals surface area contributed by atoms with Gasteiger partial charge in [-0.05, 0) is 51.8 Å². The van der Waals surface area contributed by atoms with Crippen molar-refractivity contribution in [1.29, 1.82) is 0 Å². The average molecular weight is 402 g/mol. The van der Waals surface area contributed by atoms with Crippen LogP contribution in [0, 0.1) is 6.92 Å². The molecular weight excluding hydrogens is 366 g/mol. The van der Waals surface area contributed by atoms with Crippen molar-refractivity contribution >= 4 is 5.91 Å². The van der Waals surface area contributed by atoms with Crippen molar-refractivity contribution in [1.82, 2.24) is 14.8 Å². The molecule has 1 aromatic heterocycles. The number of nitrogens with zero attached hydrogens (tertiary/aromatic N) is 3. The molecule has 0 saturated carbocycles. The number of carbonyl (C=O) groups is 1. The SMILES string of the molecule is Cc1cccc(OC2CCOC3(CCN(C(=O)CN4CCCCCC4)CC3)C2)n1. The van der Waals surface area contributed by atoms with Crippen molar-refractivity contribution < 1.29 is 14.3 Å². The molecule has 4 heterocycles. The fourth-order valence-electron chi connectivity index (χ4n) is 4.94. The van der Waals surface area contributed by atoms with Gasteiger partial charge in [0.1, 0.15) is 6.10 Å². The second-order valence-electron chi connectivity index (χ2n) is 8.95. The summed E-state index contributed by atoms with van der Waals surface area (Å²) in [5.41, 5.74) is 0.826. The summed E-state index contributed by atoms with van der Waals surface area (Å²) in [6, 6.07) is 5.90. The van der Waals surface area contributed by atoms with E-state index in [9.17, 15) is 4.79 Å². The quantitative estimate of drug-likeness (QED) is 0.776. The molecule has 6 nitrogen and oxygen atoms in total. The molecule has 29 heavy (non-hydrogen) atoms. The van der Waals surface area contributed by atoms with E-state index in [4.69, 9.17) is 9.47 Å². The predicted molar refractivity (Wildman–Crippen MR) is 112 cm³/mol. The zero-order valence-electron chi connectivity index (χ0n) is 17.8. The van der Waals surface area contributed by atoms with E-state index in [0.717, 1.165) is 64.2 Å². The molecule has 3 aliphatic heterocycles. The zero-order valence-corrected chi connectivity index (χ0v) is 17.8. The fourth-order valence-corrected chi connectivity index (χ4v) is 4.94. The highest BCUT2D eigenvalue weighted by molar-refractivity contribution is 5.78. The van der Waals surface area contributed by atoms with Gasteiger partial charge < -0.3 is 14.4 Å². The minimum Gasteiger partial charge on any atom is -0.474 e. The lowest BCUT2D eigenvalue weighted by atomic mass is 9.83. The number of hydrogen-bond donors (Lipinski definition) is 0. The highest BCUT2D eigenvalue weighted by Gasteiger charge is 2.42. The summed E-state index contributed by atoms with van der Waals surface area (Å²) in [7, 11) is 0. The van der Waals surface area contributed by atoms with Gasteiger partial charge >= 0.3 is 0 Å². The van der Waals surface area contributed by atoms with E-state index in [0.29, 0.717) is 12.4 Å². The number of ether oxygens (including phenoxy) is 2. The predicted octanol–water partition coefficient (Wildman–Crippen LogP) is 3.19. The summed E-state index contributed by atoms with van der Waals surface area (Å²) in [6.45, 7) is 7.01. The average Bonchev–Trinajstić information content (AvgIpc) is 2.97. The van der Waals surface area contributed by atoms with Gasteiger partial charge in [0, 0.05) is 37.7 Å². The topological polar surface area (TPSA) is 54.9 Å². The third kappa shape index (κ3) is 5.48.